The van der Waals surface area contributed by atoms with Crippen LogP contribution in [0, 0.1) is 0 Å². The summed E-state index contributed by atoms with van der Waals surface area (Å²) in [6, 6.07) is 5.17. The van der Waals surface area contributed by atoms with Crippen LogP contribution in [0.25, 0.3) is 10.9 Å². The van der Waals surface area contributed by atoms with E-state index in [-0.39, 0.29) is 0 Å². The molecule has 2 aromatic rings. The normalized spacial score (nSPS) is 10.5. The Labute approximate surface area is 82.5 Å². The number of carboxylic acid groups (broad SMARTS) is 1. The number of para-hydroxylation sites is 1. The Morgan fingerprint density at radius 3 is 2.92 bits per heavy atom. The van der Waals surface area contributed by atoms with Crippen LogP contribution < -0.4 is 0 Å². The number of fused-ring (bicyclic) bond motifs is 1. The molecule has 1 aromatic carbocycles. The minimum Gasteiger partial charge on any atom is -0.478 e. The average molecular weight is 240 g/mol. The van der Waals surface area contributed by atoms with Crippen molar-refractivity contribution in [2.75, 3.05) is 0 Å². The predicted molar refractivity (Wildman–Crippen MR) is 53.0 cm³/mol. The third-order valence-electron chi connectivity index (χ3n) is 1.90. The maximum Gasteiger partial charge on any atom is 0.337 e. The van der Waals surface area contributed by atoms with E-state index in [4.69, 9.17) is 5.11 Å². The summed E-state index contributed by atoms with van der Waals surface area (Å²) in [5.41, 5.74) is 0.949. The molecule has 0 saturated heterocycles. The summed E-state index contributed by atoms with van der Waals surface area (Å²) in [7, 11) is 0. The van der Waals surface area contributed by atoms with Crippen LogP contribution in [0.15, 0.2) is 28.9 Å². The number of carboxylic acids is 1. The molecular formula is C9H6BrNO2. The SMILES string of the molecule is O=C(O)c1cccc2c(Br)c[nH]c12. The highest BCUT2D eigenvalue weighted by Gasteiger charge is 2.10. The summed E-state index contributed by atoms with van der Waals surface area (Å²) in [4.78, 5) is 13.7. The highest BCUT2D eigenvalue weighted by atomic mass is 79.9. The fourth-order valence-corrected chi connectivity index (χ4v) is 1.74. The number of halogens is 1. The van der Waals surface area contributed by atoms with Gasteiger partial charge in [0.25, 0.3) is 0 Å². The summed E-state index contributed by atoms with van der Waals surface area (Å²) in [6.45, 7) is 0. The topological polar surface area (TPSA) is 53.1 Å². The molecule has 2 N–H and O–H groups in total. The number of carbonyl (C=O) groups is 1. The first-order valence-electron chi connectivity index (χ1n) is 3.69. The van der Waals surface area contributed by atoms with Gasteiger partial charge in [-0.1, -0.05) is 12.1 Å². The van der Waals surface area contributed by atoms with E-state index >= 15 is 0 Å². The molecule has 0 spiro atoms. The van der Waals surface area contributed by atoms with Crippen molar-refractivity contribution in [1.82, 2.24) is 4.98 Å². The standard InChI is InChI=1S/C9H6BrNO2/c10-7-4-11-8-5(7)2-1-3-6(8)9(12)13/h1-4,11H,(H,12,13). The third-order valence-corrected chi connectivity index (χ3v) is 2.55. The maximum atomic E-state index is 10.8. The Balaban J connectivity index is 2.84. The van der Waals surface area contributed by atoms with E-state index in [2.05, 4.69) is 20.9 Å². The Morgan fingerprint density at radius 1 is 1.46 bits per heavy atom. The van der Waals surface area contributed by atoms with Gasteiger partial charge in [-0.25, -0.2) is 4.79 Å². The molecule has 2 rings (SSSR count). The first-order valence-corrected chi connectivity index (χ1v) is 4.48. The summed E-state index contributed by atoms with van der Waals surface area (Å²) in [5.74, 6) is -0.917. The van der Waals surface area contributed by atoms with Crippen LogP contribution in [0.3, 0.4) is 0 Å². The molecule has 0 aliphatic carbocycles. The second kappa shape index (κ2) is 2.88. The van der Waals surface area contributed by atoms with E-state index in [0.717, 1.165) is 9.86 Å². The van der Waals surface area contributed by atoms with Gasteiger partial charge in [0.2, 0.25) is 0 Å². The zero-order valence-corrected chi connectivity index (χ0v) is 8.13. The maximum absolute atomic E-state index is 10.8. The number of hydrogen-bond acceptors (Lipinski definition) is 1. The minimum atomic E-state index is -0.917. The van der Waals surface area contributed by atoms with E-state index in [0.29, 0.717) is 11.1 Å². The van der Waals surface area contributed by atoms with Crippen LogP contribution in [0.1, 0.15) is 10.4 Å². The van der Waals surface area contributed by atoms with Gasteiger partial charge in [0, 0.05) is 16.1 Å². The monoisotopic (exact) mass is 239 g/mol. The summed E-state index contributed by atoms with van der Waals surface area (Å²) in [5, 5.41) is 9.75. The van der Waals surface area contributed by atoms with Gasteiger partial charge < -0.3 is 10.1 Å². The number of hydrogen-bond donors (Lipinski definition) is 2. The van der Waals surface area contributed by atoms with Gasteiger partial charge in [-0.3, -0.25) is 0 Å². The second-order valence-corrected chi connectivity index (χ2v) is 3.52. The van der Waals surface area contributed by atoms with Crippen molar-refractivity contribution in [3.05, 3.63) is 34.4 Å². The van der Waals surface area contributed by atoms with Crippen molar-refractivity contribution >= 4 is 32.8 Å². The lowest BCUT2D eigenvalue weighted by Crippen LogP contribution is -1.96. The first-order chi connectivity index (χ1) is 6.20. The number of aromatic amines is 1. The molecule has 0 unspecified atom stereocenters. The molecule has 0 aliphatic rings. The first kappa shape index (κ1) is 8.31. The Bertz CT molecular complexity index is 475. The fourth-order valence-electron chi connectivity index (χ4n) is 1.30. The number of H-pyrrole nitrogens is 1. The zero-order valence-electron chi connectivity index (χ0n) is 6.54. The van der Waals surface area contributed by atoms with Crippen molar-refractivity contribution in [3.8, 4) is 0 Å². The van der Waals surface area contributed by atoms with Crippen LogP contribution in [0.5, 0.6) is 0 Å². The van der Waals surface area contributed by atoms with E-state index < -0.39 is 5.97 Å². The largest absolute Gasteiger partial charge is 0.478 e. The molecule has 0 saturated carbocycles. The van der Waals surface area contributed by atoms with Crippen molar-refractivity contribution in [3.63, 3.8) is 0 Å². The van der Waals surface area contributed by atoms with Gasteiger partial charge in [-0.05, 0) is 22.0 Å². The van der Waals surface area contributed by atoms with E-state index in [1.807, 2.05) is 6.07 Å². The smallest absolute Gasteiger partial charge is 0.337 e. The lowest BCUT2D eigenvalue weighted by molar-refractivity contribution is 0.0699. The molecule has 0 radical (unpaired) electrons. The van der Waals surface area contributed by atoms with Crippen molar-refractivity contribution in [2.45, 2.75) is 0 Å². The number of aromatic carboxylic acids is 1. The molecule has 0 atom stereocenters. The van der Waals surface area contributed by atoms with Gasteiger partial charge in [0.05, 0.1) is 11.1 Å². The number of nitrogens with one attached hydrogen (secondary N) is 1. The quantitative estimate of drug-likeness (QED) is 0.804. The second-order valence-electron chi connectivity index (χ2n) is 2.67. The van der Waals surface area contributed by atoms with Gasteiger partial charge >= 0.3 is 5.97 Å². The molecule has 0 fully saturated rings. The molecule has 0 aliphatic heterocycles. The summed E-state index contributed by atoms with van der Waals surface area (Å²) in [6.07, 6.45) is 1.73. The van der Waals surface area contributed by atoms with Gasteiger partial charge in [0.1, 0.15) is 0 Å². The van der Waals surface area contributed by atoms with Crippen molar-refractivity contribution < 1.29 is 9.90 Å². The molecule has 0 amide bonds. The van der Waals surface area contributed by atoms with E-state index in [9.17, 15) is 4.79 Å². The van der Waals surface area contributed by atoms with Gasteiger partial charge in [-0.2, -0.15) is 0 Å². The molecule has 1 heterocycles. The Morgan fingerprint density at radius 2 is 2.23 bits per heavy atom. The lowest BCUT2D eigenvalue weighted by Gasteiger charge is -1.95. The number of benzene rings is 1. The van der Waals surface area contributed by atoms with Crippen molar-refractivity contribution in [2.24, 2.45) is 0 Å². The molecule has 66 valence electrons. The predicted octanol–water partition coefficient (Wildman–Crippen LogP) is 2.63. The number of aromatic nitrogens is 1. The van der Waals surface area contributed by atoms with Gasteiger partial charge in [0.15, 0.2) is 0 Å². The van der Waals surface area contributed by atoms with Crippen LogP contribution in [-0.4, -0.2) is 16.1 Å². The van der Waals surface area contributed by atoms with Crippen LogP contribution in [0.2, 0.25) is 0 Å². The highest BCUT2D eigenvalue weighted by molar-refractivity contribution is 9.10. The fraction of sp³-hybridized carbons (Fsp3) is 0. The minimum absolute atomic E-state index is 0.295. The Kier molecular flexibility index (Phi) is 1.84. The zero-order chi connectivity index (χ0) is 9.42. The molecule has 13 heavy (non-hydrogen) atoms. The van der Waals surface area contributed by atoms with E-state index in [1.54, 1.807) is 18.3 Å². The highest BCUT2D eigenvalue weighted by Crippen LogP contribution is 2.25. The van der Waals surface area contributed by atoms with Crippen LogP contribution in [0.4, 0.5) is 0 Å². The lowest BCUT2D eigenvalue weighted by atomic mass is 10.1. The van der Waals surface area contributed by atoms with Gasteiger partial charge in [-0.15, -0.1) is 0 Å². The van der Waals surface area contributed by atoms with Crippen LogP contribution in [-0.2, 0) is 0 Å². The molecule has 1 aromatic heterocycles. The molecule has 4 heteroatoms. The molecule has 3 nitrogen and oxygen atoms in total. The summed E-state index contributed by atoms with van der Waals surface area (Å²) < 4.78 is 0.880. The third kappa shape index (κ3) is 1.23. The average Bonchev–Trinajstić information content (AvgIpc) is 2.48. The van der Waals surface area contributed by atoms with E-state index in [1.165, 1.54) is 0 Å². The number of rotatable bonds is 1. The summed E-state index contributed by atoms with van der Waals surface area (Å²) >= 11 is 3.33. The van der Waals surface area contributed by atoms with Crippen LogP contribution >= 0.6 is 15.9 Å². The van der Waals surface area contributed by atoms with Crippen molar-refractivity contribution in [1.29, 1.82) is 0 Å². The molecule has 0 bridgehead atoms. The Hall–Kier alpha value is -1.29. The molecular weight excluding hydrogens is 234 g/mol.